The monoisotopic (exact) mass is 396 g/mol. The number of rotatable bonds is 1. The molecule has 1 aromatic rings. The molecule has 0 spiro atoms. The fourth-order valence-electron chi connectivity index (χ4n) is 1.14. The summed E-state index contributed by atoms with van der Waals surface area (Å²) in [6.07, 6.45) is -8.41. The topological polar surface area (TPSA) is 99.5 Å². The molecule has 6 nitrogen and oxygen atoms in total. The number of nitrogens with one attached hydrogen (secondary N) is 1. The molecule has 142 valence electrons. The second-order valence-electron chi connectivity index (χ2n) is 4.36. The van der Waals surface area contributed by atoms with E-state index in [1.54, 1.807) is 12.3 Å². The van der Waals surface area contributed by atoms with Crippen molar-refractivity contribution in [3.05, 3.63) is 29.0 Å². The zero-order valence-electron chi connectivity index (χ0n) is 12.0. The number of aliphatic carboxylic acids is 2. The van der Waals surface area contributed by atoms with Crippen LogP contribution in [-0.2, 0) is 9.59 Å². The molecule has 0 saturated carbocycles. The maximum absolute atomic E-state index is 10.6. The van der Waals surface area contributed by atoms with Gasteiger partial charge in [-0.15, -0.1) is 0 Å². The van der Waals surface area contributed by atoms with E-state index in [0.717, 1.165) is 23.8 Å². The predicted octanol–water partition coefficient (Wildman–Crippen LogP) is 2.69. The van der Waals surface area contributed by atoms with Crippen molar-refractivity contribution in [3.8, 4) is 0 Å². The standard InChI is InChI=1S/C8H9ClN2.2C2HF3O2/c9-7-1-2-11-8(3-7)6-4-10-5-6;2*3-2(4,5)1(6)7/h1-3,6,10H,4-5H2;2*(H,6,7). The van der Waals surface area contributed by atoms with Crippen LogP contribution in [0.4, 0.5) is 26.3 Å². The van der Waals surface area contributed by atoms with Crippen molar-refractivity contribution in [2.75, 3.05) is 13.1 Å². The highest BCUT2D eigenvalue weighted by Crippen LogP contribution is 2.19. The van der Waals surface area contributed by atoms with E-state index in [0.29, 0.717) is 5.92 Å². The molecular formula is C12H11ClF6N2O4. The van der Waals surface area contributed by atoms with Crippen molar-refractivity contribution in [1.82, 2.24) is 10.3 Å². The van der Waals surface area contributed by atoms with Crippen LogP contribution in [0.2, 0.25) is 5.02 Å². The van der Waals surface area contributed by atoms with Crippen molar-refractivity contribution in [1.29, 1.82) is 0 Å². The van der Waals surface area contributed by atoms with Gasteiger partial charge < -0.3 is 15.5 Å². The van der Waals surface area contributed by atoms with Crippen molar-refractivity contribution >= 4 is 23.5 Å². The highest BCUT2D eigenvalue weighted by molar-refractivity contribution is 6.30. The van der Waals surface area contributed by atoms with Crippen LogP contribution in [0.25, 0.3) is 0 Å². The van der Waals surface area contributed by atoms with Crippen LogP contribution in [-0.4, -0.2) is 52.6 Å². The number of aromatic nitrogens is 1. The maximum Gasteiger partial charge on any atom is 0.490 e. The fraction of sp³-hybridized carbons (Fsp3) is 0.417. The van der Waals surface area contributed by atoms with Gasteiger partial charge in [-0.05, 0) is 12.1 Å². The van der Waals surface area contributed by atoms with Gasteiger partial charge in [0.15, 0.2) is 0 Å². The van der Waals surface area contributed by atoms with E-state index in [4.69, 9.17) is 31.4 Å². The second-order valence-corrected chi connectivity index (χ2v) is 4.80. The molecule has 1 aromatic heterocycles. The number of alkyl halides is 6. The molecule has 2 rings (SSSR count). The number of hydrogen-bond acceptors (Lipinski definition) is 4. The molecule has 0 amide bonds. The van der Waals surface area contributed by atoms with Crippen molar-refractivity contribution in [3.63, 3.8) is 0 Å². The Labute approximate surface area is 141 Å². The average molecular weight is 397 g/mol. The maximum atomic E-state index is 10.6. The zero-order chi connectivity index (χ0) is 19.8. The van der Waals surface area contributed by atoms with Crippen molar-refractivity contribution in [2.24, 2.45) is 0 Å². The van der Waals surface area contributed by atoms with Gasteiger partial charge in [-0.25, -0.2) is 9.59 Å². The first-order valence-electron chi connectivity index (χ1n) is 6.17. The number of halogens is 7. The lowest BCUT2D eigenvalue weighted by Gasteiger charge is -2.26. The lowest BCUT2D eigenvalue weighted by Crippen LogP contribution is -2.40. The third kappa shape index (κ3) is 9.72. The lowest BCUT2D eigenvalue weighted by atomic mass is 9.99. The number of hydrogen-bond donors (Lipinski definition) is 3. The molecule has 1 aliphatic heterocycles. The summed E-state index contributed by atoms with van der Waals surface area (Å²) in [7, 11) is 0. The van der Waals surface area contributed by atoms with Crippen LogP contribution in [0.1, 0.15) is 11.6 Å². The number of carboxylic acid groups (broad SMARTS) is 2. The first-order valence-corrected chi connectivity index (χ1v) is 6.55. The highest BCUT2D eigenvalue weighted by atomic mass is 35.5. The van der Waals surface area contributed by atoms with Crippen LogP contribution in [0.5, 0.6) is 0 Å². The van der Waals surface area contributed by atoms with E-state index >= 15 is 0 Å². The van der Waals surface area contributed by atoms with E-state index < -0.39 is 24.3 Å². The van der Waals surface area contributed by atoms with Gasteiger partial charge in [0.1, 0.15) is 0 Å². The van der Waals surface area contributed by atoms with Gasteiger partial charge in [-0.2, -0.15) is 26.3 Å². The minimum Gasteiger partial charge on any atom is -0.475 e. The molecule has 0 radical (unpaired) electrons. The van der Waals surface area contributed by atoms with Gasteiger partial charge in [-0.3, -0.25) is 4.98 Å². The number of nitrogens with zero attached hydrogens (tertiary/aromatic N) is 1. The van der Waals surface area contributed by atoms with E-state index in [1.807, 2.05) is 6.07 Å². The lowest BCUT2D eigenvalue weighted by molar-refractivity contribution is -0.193. The molecule has 3 N–H and O–H groups in total. The Morgan fingerprint density at radius 1 is 1.08 bits per heavy atom. The molecule has 1 fully saturated rings. The van der Waals surface area contributed by atoms with Crippen LogP contribution < -0.4 is 5.32 Å². The Morgan fingerprint density at radius 3 is 1.72 bits per heavy atom. The zero-order valence-corrected chi connectivity index (χ0v) is 12.8. The number of carbonyl (C=O) groups is 2. The molecule has 25 heavy (non-hydrogen) atoms. The Balaban J connectivity index is 0.000000366. The Morgan fingerprint density at radius 2 is 1.48 bits per heavy atom. The molecule has 13 heteroatoms. The molecule has 0 atom stereocenters. The quantitative estimate of drug-likeness (QED) is 0.631. The minimum atomic E-state index is -5.08. The molecule has 1 aliphatic rings. The summed E-state index contributed by atoms with van der Waals surface area (Å²) in [4.78, 5) is 22.0. The van der Waals surface area contributed by atoms with Crippen LogP contribution in [0, 0.1) is 0 Å². The van der Waals surface area contributed by atoms with E-state index in [-0.39, 0.29) is 0 Å². The van der Waals surface area contributed by atoms with Gasteiger partial charge in [-0.1, -0.05) is 11.6 Å². The summed E-state index contributed by atoms with van der Waals surface area (Å²) >= 11 is 5.81. The summed E-state index contributed by atoms with van der Waals surface area (Å²) in [5.41, 5.74) is 1.11. The SMILES string of the molecule is Clc1ccnc(C2CNC2)c1.O=C(O)C(F)(F)F.O=C(O)C(F)(F)F. The number of pyridine rings is 1. The molecule has 2 heterocycles. The third-order valence-electron chi connectivity index (χ3n) is 2.43. The predicted molar refractivity (Wildman–Crippen MR) is 72.2 cm³/mol. The van der Waals surface area contributed by atoms with Gasteiger partial charge in [0.25, 0.3) is 0 Å². The van der Waals surface area contributed by atoms with Crippen LogP contribution in [0.15, 0.2) is 18.3 Å². The molecule has 0 aliphatic carbocycles. The van der Waals surface area contributed by atoms with Gasteiger partial charge >= 0.3 is 24.3 Å². The average Bonchev–Trinajstić information content (AvgIpc) is 2.35. The summed E-state index contributed by atoms with van der Waals surface area (Å²) in [5, 5.41) is 18.2. The summed E-state index contributed by atoms with van der Waals surface area (Å²) < 4.78 is 63.5. The highest BCUT2D eigenvalue weighted by Gasteiger charge is 2.38. The van der Waals surface area contributed by atoms with Crippen LogP contribution >= 0.6 is 11.6 Å². The molecular weight excluding hydrogens is 386 g/mol. The van der Waals surface area contributed by atoms with E-state index in [1.165, 1.54) is 0 Å². The Hall–Kier alpha value is -2.08. The van der Waals surface area contributed by atoms with E-state index in [9.17, 15) is 26.3 Å². The molecule has 0 aromatic carbocycles. The molecule has 0 bridgehead atoms. The van der Waals surface area contributed by atoms with Crippen molar-refractivity contribution in [2.45, 2.75) is 18.3 Å². The summed E-state index contributed by atoms with van der Waals surface area (Å²) in [5.74, 6) is -4.94. The summed E-state index contributed by atoms with van der Waals surface area (Å²) in [6, 6.07) is 3.74. The van der Waals surface area contributed by atoms with Crippen molar-refractivity contribution < 1.29 is 46.1 Å². The summed E-state index contributed by atoms with van der Waals surface area (Å²) in [6.45, 7) is 2.07. The Kier molecular flexibility index (Phi) is 8.63. The second kappa shape index (κ2) is 9.42. The first-order chi connectivity index (χ1) is 11.2. The largest absolute Gasteiger partial charge is 0.490 e. The normalized spacial score (nSPS) is 14.2. The minimum absolute atomic E-state index is 0.577. The Bertz CT molecular complexity index is 566. The van der Waals surface area contributed by atoms with Crippen LogP contribution in [0.3, 0.4) is 0 Å². The van der Waals surface area contributed by atoms with Gasteiger partial charge in [0.2, 0.25) is 0 Å². The fourth-order valence-corrected chi connectivity index (χ4v) is 1.31. The smallest absolute Gasteiger partial charge is 0.475 e. The third-order valence-corrected chi connectivity index (χ3v) is 2.66. The molecule has 0 unspecified atom stereocenters. The molecule has 1 saturated heterocycles. The number of carboxylic acids is 2. The van der Waals surface area contributed by atoms with Gasteiger partial charge in [0, 0.05) is 35.9 Å². The van der Waals surface area contributed by atoms with Gasteiger partial charge in [0.05, 0.1) is 0 Å². The first kappa shape index (κ1) is 22.9. The van der Waals surface area contributed by atoms with E-state index in [2.05, 4.69) is 10.3 Å².